The molecule has 1 aromatic carbocycles. The molecule has 1 fully saturated rings. The molecule has 1 atom stereocenters. The molecule has 16 heavy (non-hydrogen) atoms. The number of rotatable bonds is 2. The molecule has 1 unspecified atom stereocenters. The molecule has 0 radical (unpaired) electrons. The summed E-state index contributed by atoms with van der Waals surface area (Å²) in [6, 6.07) is 9.91. The highest BCUT2D eigenvalue weighted by Gasteiger charge is 2.30. The molecule has 0 aliphatic carbocycles. The van der Waals surface area contributed by atoms with E-state index in [0.717, 1.165) is 5.56 Å². The number of hydrogen-bond donors (Lipinski definition) is 0. The molecule has 0 bridgehead atoms. The summed E-state index contributed by atoms with van der Waals surface area (Å²) in [6.07, 6.45) is 7.97. The molecule has 1 saturated heterocycles. The van der Waals surface area contributed by atoms with E-state index in [1.54, 1.807) is 0 Å². The molecule has 1 aromatic rings. The second-order valence-electron chi connectivity index (χ2n) is 3.79. The van der Waals surface area contributed by atoms with E-state index in [1.165, 1.54) is 6.08 Å². The molecule has 2 rings (SSSR count). The van der Waals surface area contributed by atoms with Crippen molar-refractivity contribution in [3.8, 4) is 12.3 Å². The van der Waals surface area contributed by atoms with Crippen LogP contribution in [0.15, 0.2) is 42.2 Å². The maximum atomic E-state index is 11.5. The first kappa shape index (κ1) is 10.5. The number of cyclic esters (lactones) is 1. The van der Waals surface area contributed by atoms with E-state index >= 15 is 0 Å². The summed E-state index contributed by atoms with van der Waals surface area (Å²) in [7, 11) is 0. The van der Waals surface area contributed by atoms with Crippen molar-refractivity contribution in [3.63, 3.8) is 0 Å². The van der Waals surface area contributed by atoms with Crippen LogP contribution in [0, 0.1) is 18.3 Å². The predicted molar refractivity (Wildman–Crippen MR) is 61.3 cm³/mol. The third kappa shape index (κ3) is 2.32. The zero-order valence-corrected chi connectivity index (χ0v) is 8.85. The number of benzene rings is 1. The van der Waals surface area contributed by atoms with Crippen LogP contribution in [0.2, 0.25) is 0 Å². The minimum Gasteiger partial charge on any atom is -0.430 e. The Hall–Kier alpha value is -2.01. The average Bonchev–Trinajstić information content (AvgIpc) is 2.61. The Balaban J connectivity index is 2.05. The van der Waals surface area contributed by atoms with Gasteiger partial charge < -0.3 is 4.74 Å². The Bertz CT molecular complexity index is 451. The zero-order valence-electron chi connectivity index (χ0n) is 8.85. The van der Waals surface area contributed by atoms with Gasteiger partial charge in [-0.1, -0.05) is 36.3 Å². The van der Waals surface area contributed by atoms with Crippen molar-refractivity contribution in [2.24, 2.45) is 5.92 Å². The first-order valence-electron chi connectivity index (χ1n) is 5.20. The second-order valence-corrected chi connectivity index (χ2v) is 3.79. The summed E-state index contributed by atoms with van der Waals surface area (Å²) in [5.41, 5.74) is 1.14. The number of allylic oxidation sites excluding steroid dienone is 2. The minimum absolute atomic E-state index is 0.0954. The predicted octanol–water partition coefficient (Wildman–Crippen LogP) is 2.31. The number of terminal acetylenes is 1. The topological polar surface area (TPSA) is 26.3 Å². The van der Waals surface area contributed by atoms with Gasteiger partial charge in [-0.2, -0.15) is 0 Å². The van der Waals surface area contributed by atoms with Crippen LogP contribution in [0.1, 0.15) is 12.0 Å². The van der Waals surface area contributed by atoms with Gasteiger partial charge in [0.25, 0.3) is 0 Å². The molecule has 0 aromatic heterocycles. The Labute approximate surface area is 94.9 Å². The van der Waals surface area contributed by atoms with Crippen molar-refractivity contribution in [2.45, 2.75) is 12.8 Å². The van der Waals surface area contributed by atoms with E-state index in [9.17, 15) is 4.79 Å². The molecule has 1 aliphatic rings. The largest absolute Gasteiger partial charge is 0.430 e. The smallest absolute Gasteiger partial charge is 0.314 e. The van der Waals surface area contributed by atoms with Gasteiger partial charge in [-0.05, 0) is 12.0 Å². The van der Waals surface area contributed by atoms with Crippen LogP contribution in [0.5, 0.6) is 0 Å². The normalized spacial score (nSPS) is 21.8. The third-order valence-electron chi connectivity index (χ3n) is 2.58. The van der Waals surface area contributed by atoms with Crippen molar-refractivity contribution >= 4 is 5.97 Å². The van der Waals surface area contributed by atoms with Gasteiger partial charge in [0.2, 0.25) is 0 Å². The van der Waals surface area contributed by atoms with E-state index in [2.05, 4.69) is 5.92 Å². The standard InChI is InChI=1S/C14H12O2/c1-2-6-13-10-12(14(15)16-13)9-11-7-4-3-5-8-11/h1,3-8,12H,9-10H2/b13-6-. The molecular weight excluding hydrogens is 200 g/mol. The van der Waals surface area contributed by atoms with Crippen LogP contribution in [0.4, 0.5) is 0 Å². The quantitative estimate of drug-likeness (QED) is 0.555. The minimum atomic E-state index is -0.176. The Morgan fingerprint density at radius 3 is 2.88 bits per heavy atom. The molecule has 0 N–H and O–H groups in total. The van der Waals surface area contributed by atoms with Crippen LogP contribution in [-0.4, -0.2) is 5.97 Å². The van der Waals surface area contributed by atoms with Crippen LogP contribution < -0.4 is 0 Å². The summed E-state index contributed by atoms with van der Waals surface area (Å²) in [5.74, 6) is 2.71. The lowest BCUT2D eigenvalue weighted by Gasteiger charge is -2.03. The lowest BCUT2D eigenvalue weighted by molar-refractivity contribution is -0.139. The molecular formula is C14H12O2. The monoisotopic (exact) mass is 212 g/mol. The van der Waals surface area contributed by atoms with Crippen molar-refractivity contribution in [3.05, 3.63) is 47.7 Å². The molecule has 2 heteroatoms. The highest BCUT2D eigenvalue weighted by molar-refractivity contribution is 5.77. The summed E-state index contributed by atoms with van der Waals surface area (Å²) in [6.45, 7) is 0. The Morgan fingerprint density at radius 2 is 2.19 bits per heavy atom. The van der Waals surface area contributed by atoms with Gasteiger partial charge in [-0.25, -0.2) is 0 Å². The van der Waals surface area contributed by atoms with Gasteiger partial charge in [0.05, 0.1) is 5.92 Å². The summed E-state index contributed by atoms with van der Waals surface area (Å²) >= 11 is 0. The van der Waals surface area contributed by atoms with Crippen molar-refractivity contribution in [1.82, 2.24) is 0 Å². The Morgan fingerprint density at radius 1 is 1.44 bits per heavy atom. The first-order valence-corrected chi connectivity index (χ1v) is 5.20. The fourth-order valence-electron chi connectivity index (χ4n) is 1.82. The van der Waals surface area contributed by atoms with Gasteiger partial charge in [-0.3, -0.25) is 4.79 Å². The maximum absolute atomic E-state index is 11.5. The van der Waals surface area contributed by atoms with Crippen molar-refractivity contribution in [2.75, 3.05) is 0 Å². The van der Waals surface area contributed by atoms with Crippen molar-refractivity contribution in [1.29, 1.82) is 0 Å². The van der Waals surface area contributed by atoms with Crippen molar-refractivity contribution < 1.29 is 9.53 Å². The van der Waals surface area contributed by atoms with E-state index in [0.29, 0.717) is 18.6 Å². The lowest BCUT2D eigenvalue weighted by atomic mass is 9.97. The summed E-state index contributed by atoms with van der Waals surface area (Å²) in [5, 5.41) is 0. The number of carbonyl (C=O) groups is 1. The van der Waals surface area contributed by atoms with Gasteiger partial charge in [0.15, 0.2) is 0 Å². The average molecular weight is 212 g/mol. The molecule has 0 saturated carbocycles. The molecule has 0 spiro atoms. The van der Waals surface area contributed by atoms with E-state index in [-0.39, 0.29) is 11.9 Å². The number of ether oxygens (including phenoxy) is 1. The fraction of sp³-hybridized carbons (Fsp3) is 0.214. The van der Waals surface area contributed by atoms with E-state index < -0.39 is 0 Å². The summed E-state index contributed by atoms with van der Waals surface area (Å²) in [4.78, 5) is 11.5. The highest BCUT2D eigenvalue weighted by atomic mass is 16.5. The van der Waals surface area contributed by atoms with Crippen LogP contribution in [-0.2, 0) is 16.0 Å². The maximum Gasteiger partial charge on any atom is 0.314 e. The number of esters is 1. The van der Waals surface area contributed by atoms with Crippen LogP contribution in [0.25, 0.3) is 0 Å². The van der Waals surface area contributed by atoms with Crippen LogP contribution >= 0.6 is 0 Å². The molecule has 0 amide bonds. The fourth-order valence-corrected chi connectivity index (χ4v) is 1.82. The first-order chi connectivity index (χ1) is 7.79. The third-order valence-corrected chi connectivity index (χ3v) is 2.58. The van der Waals surface area contributed by atoms with Gasteiger partial charge in [0.1, 0.15) is 5.76 Å². The number of hydrogen-bond acceptors (Lipinski definition) is 2. The van der Waals surface area contributed by atoms with Gasteiger partial charge in [0, 0.05) is 12.5 Å². The molecule has 1 aliphatic heterocycles. The summed E-state index contributed by atoms with van der Waals surface area (Å²) < 4.78 is 5.07. The highest BCUT2D eigenvalue weighted by Crippen LogP contribution is 2.27. The van der Waals surface area contributed by atoms with Gasteiger partial charge in [-0.15, -0.1) is 6.42 Å². The van der Waals surface area contributed by atoms with E-state index in [4.69, 9.17) is 11.2 Å². The molecule has 80 valence electrons. The second kappa shape index (κ2) is 4.67. The Kier molecular flexibility index (Phi) is 3.07. The molecule has 1 heterocycles. The van der Waals surface area contributed by atoms with Crippen LogP contribution in [0.3, 0.4) is 0 Å². The van der Waals surface area contributed by atoms with E-state index in [1.807, 2.05) is 30.3 Å². The molecule has 2 nitrogen and oxygen atoms in total. The van der Waals surface area contributed by atoms with Gasteiger partial charge >= 0.3 is 5.97 Å². The number of carbonyl (C=O) groups excluding carboxylic acids is 1. The SMILES string of the molecule is C#C/C=C1/CC(Cc2ccccc2)C(=O)O1. The lowest BCUT2D eigenvalue weighted by Crippen LogP contribution is -2.10. The zero-order chi connectivity index (χ0) is 11.4.